The number of halogens is 4. The molecule has 8 amide bonds. The molecule has 7 N–H and O–H groups in total. The molecule has 16 atom stereocenters. The third-order valence-electron chi connectivity index (χ3n) is 26.3. The van der Waals surface area contributed by atoms with Crippen molar-refractivity contribution in [2.75, 3.05) is 47.3 Å². The van der Waals surface area contributed by atoms with Crippen LogP contribution >= 0.6 is 0 Å². The van der Waals surface area contributed by atoms with Crippen LogP contribution in [0.4, 0.5) is 27.2 Å². The summed E-state index contributed by atoms with van der Waals surface area (Å²) in [4.78, 5) is 208. The first kappa shape index (κ1) is 98.1. The van der Waals surface area contributed by atoms with Crippen molar-refractivity contribution < 1.29 is 124 Å². The quantitative estimate of drug-likeness (QED) is 0.0109. The van der Waals surface area contributed by atoms with Crippen molar-refractivity contribution in [2.24, 2.45) is 17.8 Å². The van der Waals surface area contributed by atoms with Gasteiger partial charge in [-0.05, 0) is 222 Å². The van der Waals surface area contributed by atoms with Gasteiger partial charge in [-0.15, -0.1) is 0 Å². The summed E-state index contributed by atoms with van der Waals surface area (Å²) < 4.78 is 176. The Balaban J connectivity index is 0.000000289. The van der Waals surface area contributed by atoms with Gasteiger partial charge in [-0.2, -0.15) is 0 Å². The largest absolute Gasteiger partial charge is 0.461 e. The average molecular weight is 1990 g/mol. The van der Waals surface area contributed by atoms with Gasteiger partial charge in [-0.25, -0.2) is 27.2 Å². The molecule has 0 bridgehead atoms. The number of H-pyrrole nitrogens is 4. The van der Waals surface area contributed by atoms with Gasteiger partial charge in [-0.3, -0.25) is 62.4 Å². The number of fused-ring (bicyclic) bond motifs is 4. The minimum Gasteiger partial charge on any atom is -0.461 e. The van der Waals surface area contributed by atoms with E-state index in [4.69, 9.17) is 28.4 Å². The Kier molecular flexibility index (Phi) is 32.2. The first-order chi connectivity index (χ1) is 69.9. The lowest BCUT2D eigenvalue weighted by atomic mass is 9.93. The summed E-state index contributed by atoms with van der Waals surface area (Å²) in [6.45, 7) is 28.5. The van der Waals surface area contributed by atoms with Crippen molar-refractivity contribution in [3.05, 3.63) is 118 Å². The summed E-state index contributed by atoms with van der Waals surface area (Å²) >= 11 is 0. The number of esters is 4. The Hall–Kier alpha value is -12.7. The van der Waals surface area contributed by atoms with Crippen LogP contribution in [0.1, 0.15) is 235 Å². The minimum atomic E-state index is -2.75. The van der Waals surface area contributed by atoms with Crippen molar-refractivity contribution in [3.63, 3.8) is 0 Å². The lowest BCUT2D eigenvalue weighted by Gasteiger charge is -2.31. The summed E-state index contributed by atoms with van der Waals surface area (Å²) in [5.74, 6) is -12.4. The molecule has 12 rings (SSSR count). The van der Waals surface area contributed by atoms with Gasteiger partial charge in [0.1, 0.15) is 82.8 Å². The van der Waals surface area contributed by atoms with E-state index in [9.17, 15) is 78.1 Å². The van der Waals surface area contributed by atoms with Gasteiger partial charge in [0, 0.05) is 177 Å². The topological polar surface area (TPSA) is 413 Å². The van der Waals surface area contributed by atoms with Crippen molar-refractivity contribution in [2.45, 2.75) is 318 Å². The Bertz CT molecular complexity index is 6080. The second-order valence-electron chi connectivity index (χ2n) is 39.1. The van der Waals surface area contributed by atoms with E-state index in [0.29, 0.717) is 6.42 Å². The van der Waals surface area contributed by atoms with Gasteiger partial charge in [0.15, 0.2) is 5.78 Å². The van der Waals surface area contributed by atoms with Crippen LogP contribution < -0.4 is 16.0 Å². The SMILES string of the molecule is [2H]C([2H])(c1c(-c2[nH]c3cc(F)ccc3c2C([2H])([2H])[C@@H]2C[C@H](OC(C)=O)CN2C(=O)[C@H](CC)NC(=O)[C@H](C)CC)[nH]c2cc(F)ccc12)[C@@H]1C[C@H](OC(C)=O)CN1C(=O)[C@H](CC)CC(=O)[C@H](C)NC.[2H]C([2H])(c1c(-c2[nH]c3cc(F)ccc3c2C([2H])([2H])[C@@H]2C[C@H](OC(C)=O)CN2C(=O)[C@H](CC)NC(=O)[C@H](C)N(C)C(=O)OC(C)(C)C)[nH]c2cc(F)ccc12)[C@@H]1C[C@H](OC(C)=O)CN1C(=O)[C@H](CC)CC(=O)[C@H](C)N(C)C(=O)OC(C)(C)C. The van der Waals surface area contributed by atoms with E-state index < -0.39 is 228 Å². The van der Waals surface area contributed by atoms with Crippen LogP contribution in [0.3, 0.4) is 0 Å². The second-order valence-corrected chi connectivity index (χ2v) is 39.1. The number of amides is 8. The molecular formula is C105H139F4N13O20. The Morgan fingerprint density at radius 2 is 0.683 bits per heavy atom. The zero-order valence-electron chi connectivity index (χ0n) is 92.6. The lowest BCUT2D eigenvalue weighted by Crippen LogP contribution is -2.55. The lowest BCUT2D eigenvalue weighted by molar-refractivity contribution is -0.147. The maximum absolute atomic E-state index is 15.4. The van der Waals surface area contributed by atoms with Crippen molar-refractivity contribution in [1.82, 2.24) is 65.3 Å². The molecule has 0 unspecified atom stereocenters. The normalized spacial score (nSPS) is 21.1. The van der Waals surface area contributed by atoms with Crippen LogP contribution in [0.25, 0.3) is 66.4 Å². The van der Waals surface area contributed by atoms with Crippen LogP contribution in [0, 0.1) is 41.0 Å². The van der Waals surface area contributed by atoms with Crippen molar-refractivity contribution >= 4 is 127 Å². The third-order valence-corrected chi connectivity index (χ3v) is 26.3. The number of carbonyl (C=O) groups excluding carboxylic acids is 14. The number of aromatic amines is 4. The highest BCUT2D eigenvalue weighted by Crippen LogP contribution is 2.45. The number of Topliss-reactive ketones (excluding diaryl/α,β-unsaturated/α-hetero) is 2. The van der Waals surface area contributed by atoms with Crippen LogP contribution in [-0.2, 0) is 111 Å². The van der Waals surface area contributed by atoms with Gasteiger partial charge >= 0.3 is 36.1 Å². The molecule has 8 aromatic rings. The zero-order valence-corrected chi connectivity index (χ0v) is 84.6. The fourth-order valence-corrected chi connectivity index (χ4v) is 18.2. The Labute approximate surface area is 836 Å². The molecule has 4 aliphatic heterocycles. The van der Waals surface area contributed by atoms with E-state index in [1.54, 1.807) is 90.1 Å². The molecule has 4 aromatic carbocycles. The number of hydrogen-bond acceptors (Lipinski definition) is 21. The van der Waals surface area contributed by atoms with Crippen LogP contribution in [0.15, 0.2) is 72.8 Å². The minimum absolute atomic E-state index is 0.0154. The van der Waals surface area contributed by atoms with E-state index in [2.05, 4.69) is 35.9 Å². The smallest absolute Gasteiger partial charge is 0.410 e. The fraction of sp³-hybridized carbons (Fsp3) is 0.562. The van der Waals surface area contributed by atoms with Gasteiger partial charge < -0.3 is 88.8 Å². The van der Waals surface area contributed by atoms with Gasteiger partial charge in [0.2, 0.25) is 35.4 Å². The summed E-state index contributed by atoms with van der Waals surface area (Å²) in [5.41, 5.74) is -2.74. The second kappa shape index (κ2) is 46.6. The molecular weight excluding hydrogens is 1840 g/mol. The summed E-state index contributed by atoms with van der Waals surface area (Å²) in [6.07, 6.45) is -16.8. The van der Waals surface area contributed by atoms with Gasteiger partial charge in [0.05, 0.1) is 61.0 Å². The number of ether oxygens (including phenoxy) is 6. The van der Waals surface area contributed by atoms with E-state index in [1.165, 1.54) is 80.8 Å². The summed E-state index contributed by atoms with van der Waals surface area (Å²) in [5, 5.41) is 8.84. The standard InChI is InChI=1S/C57H77F2N7O12.C48H62F2N6O8/c1-15-34(21-48(69)30(3)63(13)54(73)77-56(7,8)9)52(71)65-28-39(75-32(5)67)24-37(65)26-43-41-19-17-35(58)22-46(41)60-49(43)50-44(42-20-18-36(59)23-47(42)61-50)27-38-25-40(76-33(6)68)29-66(38)53(72)45(16-2)62-51(70)31(4)64(14)55(74)78-57(10,11)12;1-9-25(4)46(60)54-40(11-3)48(62)56-24-35(64-28(7)58)20-33(56)22-39-37-15-13-31(50)18-42(37)53-45(39)44-38(36-14-12-30(49)17-41(36)52-44)21-32-19-34(63-27(6)57)23-55(32)47(61)29(10-2)16-43(59)26(5)51-8/h17-20,22-23,30-31,34,37-40,45,60-61H,15-16,21,24-29H2,1-14H3,(H,62,70);12-15,17-18,25-26,29,32-35,40,51-53H,9-11,16,19-24H2,1-8H3,(H,54,60)/t30-,31-,34+,37-,38-,39-,40-,45-;25-,26+,29-,32+,33+,34+,35+,40+/m01/s1/i26D2,27D2;21D2,22D2. The number of nitrogens with one attached hydrogen (secondary N) is 7. The van der Waals surface area contributed by atoms with Crippen LogP contribution in [0.2, 0.25) is 0 Å². The zero-order chi connectivity index (χ0) is 112. The molecule has 0 radical (unpaired) electrons. The highest BCUT2D eigenvalue weighted by molar-refractivity contribution is 6.00. The molecule has 37 heteroatoms. The number of likely N-dealkylation sites (N-methyl/N-ethyl adjacent to an activating group) is 3. The number of nitrogens with zero attached hydrogens (tertiary/aromatic N) is 6. The Morgan fingerprint density at radius 3 is 0.944 bits per heavy atom. The molecule has 4 aromatic heterocycles. The van der Waals surface area contributed by atoms with E-state index in [1.807, 2.05) is 6.92 Å². The molecule has 4 aliphatic rings. The molecule has 4 saturated heterocycles. The molecule has 142 heavy (non-hydrogen) atoms. The highest BCUT2D eigenvalue weighted by atomic mass is 19.1. The molecule has 0 aliphatic carbocycles. The summed E-state index contributed by atoms with van der Waals surface area (Å²) in [6, 6.07) is 3.30. The van der Waals surface area contributed by atoms with Crippen LogP contribution in [0.5, 0.6) is 0 Å². The monoisotopic (exact) mass is 1990 g/mol. The molecule has 0 spiro atoms. The maximum atomic E-state index is 15.4. The molecule has 8 heterocycles. The maximum Gasteiger partial charge on any atom is 0.410 e. The first-order valence-corrected chi connectivity index (χ1v) is 48.3. The number of rotatable bonds is 36. The van der Waals surface area contributed by atoms with E-state index in [0.717, 1.165) is 77.1 Å². The van der Waals surface area contributed by atoms with Crippen molar-refractivity contribution in [3.8, 4) is 22.8 Å². The van der Waals surface area contributed by atoms with Crippen LogP contribution in [-0.4, -0.2) is 270 Å². The molecule has 772 valence electrons. The highest BCUT2D eigenvalue weighted by Gasteiger charge is 2.48. The predicted octanol–water partition coefficient (Wildman–Crippen LogP) is 14.4. The van der Waals surface area contributed by atoms with Gasteiger partial charge in [-0.1, -0.05) is 41.5 Å². The van der Waals surface area contributed by atoms with Gasteiger partial charge in [0.25, 0.3) is 0 Å². The number of hydrogen-bond donors (Lipinski definition) is 7. The number of aromatic nitrogens is 4. The molecule has 4 fully saturated rings. The number of carbonyl (C=O) groups is 14. The molecule has 0 saturated carbocycles. The number of likely N-dealkylation sites (tertiary alicyclic amines) is 4. The van der Waals surface area contributed by atoms with E-state index >= 15 is 17.6 Å². The number of benzene rings is 4. The fourth-order valence-electron chi connectivity index (χ4n) is 18.2. The average Bonchev–Trinajstić information content (AvgIpc) is 1.55. The summed E-state index contributed by atoms with van der Waals surface area (Å²) in [7, 11) is 4.37. The predicted molar refractivity (Wildman–Crippen MR) is 525 cm³/mol. The number of ketones is 2. The third kappa shape index (κ3) is 26.4. The van der Waals surface area contributed by atoms with Crippen molar-refractivity contribution in [1.29, 1.82) is 0 Å². The first-order valence-electron chi connectivity index (χ1n) is 52.3. The Morgan fingerprint density at radius 1 is 0.408 bits per heavy atom. The van der Waals surface area contributed by atoms with E-state index in [-0.39, 0.29) is 191 Å². The molecule has 33 nitrogen and oxygen atoms in total.